The number of rotatable bonds is 6. The molecule has 0 radical (unpaired) electrons. The number of aromatic nitrogens is 3. The number of imide groups is 1. The van der Waals surface area contributed by atoms with Gasteiger partial charge in [-0.1, -0.05) is 41.0 Å². The van der Waals surface area contributed by atoms with Crippen LogP contribution in [0.2, 0.25) is 10.0 Å². The fourth-order valence-corrected chi connectivity index (χ4v) is 2.88. The summed E-state index contributed by atoms with van der Waals surface area (Å²) < 4.78 is 1.21. The van der Waals surface area contributed by atoms with Gasteiger partial charge in [-0.2, -0.15) is 0 Å². The van der Waals surface area contributed by atoms with Gasteiger partial charge >= 0.3 is 6.03 Å². The molecule has 2 rings (SSSR count). The van der Waals surface area contributed by atoms with Crippen molar-refractivity contribution in [3.63, 3.8) is 0 Å². The Morgan fingerprint density at radius 1 is 1.36 bits per heavy atom. The van der Waals surface area contributed by atoms with Crippen molar-refractivity contribution >= 4 is 46.9 Å². The van der Waals surface area contributed by atoms with Gasteiger partial charge in [-0.05, 0) is 18.2 Å². The number of urea groups is 1. The molecule has 1 aromatic carbocycles. The van der Waals surface area contributed by atoms with E-state index in [-0.39, 0.29) is 12.3 Å². The molecule has 0 spiro atoms. The highest BCUT2D eigenvalue weighted by Gasteiger charge is 2.16. The van der Waals surface area contributed by atoms with Crippen molar-refractivity contribution in [3.8, 4) is 11.4 Å². The molecule has 11 heteroatoms. The summed E-state index contributed by atoms with van der Waals surface area (Å²) in [4.78, 5) is 23.1. The Balaban J connectivity index is 2.00. The number of thioether (sulfide) groups is 1. The molecule has 2 aromatic rings. The van der Waals surface area contributed by atoms with Crippen LogP contribution in [0, 0.1) is 0 Å². The second-order valence-corrected chi connectivity index (χ2v) is 6.42. The molecule has 1 heterocycles. The number of benzene rings is 1. The maximum Gasteiger partial charge on any atom is 0.321 e. The van der Waals surface area contributed by atoms with Gasteiger partial charge in [0.15, 0.2) is 5.82 Å². The topological polar surface area (TPSA) is 115 Å². The Kier molecular flexibility index (Phi) is 6.68. The molecule has 3 amide bonds. The van der Waals surface area contributed by atoms with Crippen molar-refractivity contribution in [2.24, 2.45) is 0 Å². The van der Waals surface area contributed by atoms with E-state index in [0.717, 1.165) is 11.8 Å². The number of nitrogens with two attached hydrogens (primary N) is 1. The maximum absolute atomic E-state index is 11.7. The Hall–Kier alpha value is -2.23. The van der Waals surface area contributed by atoms with Gasteiger partial charge in [0, 0.05) is 17.1 Å². The van der Waals surface area contributed by atoms with E-state index in [4.69, 9.17) is 29.0 Å². The van der Waals surface area contributed by atoms with Crippen LogP contribution in [-0.4, -0.2) is 39.1 Å². The predicted octanol–water partition coefficient (Wildman–Crippen LogP) is 2.07. The zero-order chi connectivity index (χ0) is 18.4. The Morgan fingerprint density at radius 2 is 2.12 bits per heavy atom. The number of nitrogens with zero attached hydrogens (tertiary/aromatic N) is 3. The number of halogens is 2. The van der Waals surface area contributed by atoms with E-state index >= 15 is 0 Å². The first kappa shape index (κ1) is 19.1. The van der Waals surface area contributed by atoms with Crippen LogP contribution >= 0.6 is 35.0 Å². The largest absolute Gasteiger partial charge is 0.335 e. The maximum atomic E-state index is 11.7. The Labute approximate surface area is 157 Å². The first-order valence-electron chi connectivity index (χ1n) is 6.89. The molecule has 0 saturated carbocycles. The van der Waals surface area contributed by atoms with Crippen LogP contribution in [-0.2, 0) is 4.79 Å². The van der Waals surface area contributed by atoms with Crippen molar-refractivity contribution < 1.29 is 9.59 Å². The van der Waals surface area contributed by atoms with Gasteiger partial charge < -0.3 is 11.2 Å². The molecule has 132 valence electrons. The number of hydrogen-bond acceptors (Lipinski definition) is 6. The van der Waals surface area contributed by atoms with Gasteiger partial charge in [0.2, 0.25) is 11.1 Å². The van der Waals surface area contributed by atoms with Gasteiger partial charge in [-0.3, -0.25) is 10.1 Å². The minimum Gasteiger partial charge on any atom is -0.335 e. The van der Waals surface area contributed by atoms with Crippen molar-refractivity contribution in [1.29, 1.82) is 0 Å². The van der Waals surface area contributed by atoms with Crippen LogP contribution in [0.15, 0.2) is 36.0 Å². The zero-order valence-electron chi connectivity index (χ0n) is 12.8. The Bertz CT molecular complexity index is 811. The molecule has 0 atom stereocenters. The molecule has 0 fully saturated rings. The average molecular weight is 401 g/mol. The first-order valence-corrected chi connectivity index (χ1v) is 8.63. The van der Waals surface area contributed by atoms with E-state index in [9.17, 15) is 9.59 Å². The minimum absolute atomic E-state index is 0.0643. The average Bonchev–Trinajstić information content (AvgIpc) is 2.92. The van der Waals surface area contributed by atoms with Crippen molar-refractivity contribution in [1.82, 2.24) is 25.5 Å². The molecule has 1 aromatic heterocycles. The Morgan fingerprint density at radius 3 is 2.80 bits per heavy atom. The standard InChI is InChI=1S/C14H14Cl2N6O2S/c1-2-5-18-13(24)19-11(23)7-25-14-21-20-12(22(14)17)9-4-3-8(15)6-10(9)16/h2-4,6H,1,5,7,17H2,(H2,18,19,23,24). The molecule has 0 bridgehead atoms. The van der Waals surface area contributed by atoms with Crippen molar-refractivity contribution in [2.75, 3.05) is 18.1 Å². The van der Waals surface area contributed by atoms with Gasteiger partial charge in [0.05, 0.1) is 10.8 Å². The smallest absolute Gasteiger partial charge is 0.321 e. The van der Waals surface area contributed by atoms with E-state index in [1.54, 1.807) is 18.2 Å². The summed E-state index contributed by atoms with van der Waals surface area (Å²) >= 11 is 13.0. The highest BCUT2D eigenvalue weighted by Crippen LogP contribution is 2.30. The van der Waals surface area contributed by atoms with E-state index in [0.29, 0.717) is 26.6 Å². The summed E-state index contributed by atoms with van der Waals surface area (Å²) in [6, 6.07) is 4.28. The first-order chi connectivity index (χ1) is 11.9. The fraction of sp³-hybridized carbons (Fsp3) is 0.143. The molecule has 8 nitrogen and oxygen atoms in total. The molecule has 0 aliphatic heterocycles. The van der Waals surface area contributed by atoms with Gasteiger partial charge in [-0.25, -0.2) is 9.47 Å². The number of hydrogen-bond donors (Lipinski definition) is 3. The minimum atomic E-state index is -0.603. The SMILES string of the molecule is C=CCNC(=O)NC(=O)CSc1nnc(-c2ccc(Cl)cc2Cl)n1N. The van der Waals surface area contributed by atoms with Gasteiger partial charge in [0.25, 0.3) is 0 Å². The molecule has 0 aliphatic carbocycles. The van der Waals surface area contributed by atoms with E-state index in [1.165, 1.54) is 10.8 Å². The van der Waals surface area contributed by atoms with Crippen molar-refractivity contribution in [2.45, 2.75) is 5.16 Å². The summed E-state index contributed by atoms with van der Waals surface area (Å²) in [7, 11) is 0. The fourth-order valence-electron chi connectivity index (χ4n) is 1.73. The number of carbonyl (C=O) groups excluding carboxylic acids is 2. The summed E-state index contributed by atoms with van der Waals surface area (Å²) in [6.07, 6.45) is 1.50. The number of nitrogen functional groups attached to an aromatic ring is 1. The molecule has 0 saturated heterocycles. The lowest BCUT2D eigenvalue weighted by molar-refractivity contribution is -0.117. The van der Waals surface area contributed by atoms with Crippen LogP contribution in [0.3, 0.4) is 0 Å². The lowest BCUT2D eigenvalue weighted by Crippen LogP contribution is -2.40. The lowest BCUT2D eigenvalue weighted by Gasteiger charge is -2.06. The molecule has 25 heavy (non-hydrogen) atoms. The van der Waals surface area contributed by atoms with Crippen LogP contribution in [0.5, 0.6) is 0 Å². The molecule has 0 unspecified atom stereocenters. The van der Waals surface area contributed by atoms with E-state index < -0.39 is 11.9 Å². The number of amides is 3. The summed E-state index contributed by atoms with van der Waals surface area (Å²) in [5.74, 6) is 5.72. The van der Waals surface area contributed by atoms with Crippen LogP contribution < -0.4 is 16.5 Å². The van der Waals surface area contributed by atoms with E-state index in [2.05, 4.69) is 27.4 Å². The third kappa shape index (κ3) is 5.12. The van der Waals surface area contributed by atoms with Crippen LogP contribution in [0.25, 0.3) is 11.4 Å². The summed E-state index contributed by atoms with van der Waals surface area (Å²) in [5.41, 5.74) is 0.557. The van der Waals surface area contributed by atoms with Crippen LogP contribution in [0.4, 0.5) is 4.79 Å². The lowest BCUT2D eigenvalue weighted by atomic mass is 10.2. The molecule has 4 N–H and O–H groups in total. The van der Waals surface area contributed by atoms with Crippen LogP contribution in [0.1, 0.15) is 0 Å². The molecular formula is C14H14Cl2N6O2S. The highest BCUT2D eigenvalue weighted by molar-refractivity contribution is 7.99. The second-order valence-electron chi connectivity index (χ2n) is 4.64. The van der Waals surface area contributed by atoms with Gasteiger partial charge in [-0.15, -0.1) is 16.8 Å². The third-order valence-electron chi connectivity index (χ3n) is 2.83. The quantitative estimate of drug-likeness (QED) is 0.388. The summed E-state index contributed by atoms with van der Waals surface area (Å²) in [5, 5.41) is 13.6. The predicted molar refractivity (Wildman–Crippen MR) is 98.1 cm³/mol. The summed E-state index contributed by atoms with van der Waals surface area (Å²) in [6.45, 7) is 3.71. The number of carbonyl (C=O) groups is 2. The van der Waals surface area contributed by atoms with Crippen molar-refractivity contribution in [3.05, 3.63) is 40.9 Å². The molecular weight excluding hydrogens is 387 g/mol. The normalized spacial score (nSPS) is 10.3. The number of nitrogens with one attached hydrogen (secondary N) is 2. The second kappa shape index (κ2) is 8.75. The van der Waals surface area contributed by atoms with E-state index in [1.807, 2.05) is 0 Å². The third-order valence-corrected chi connectivity index (χ3v) is 4.32. The zero-order valence-corrected chi connectivity index (χ0v) is 15.2. The molecule has 0 aliphatic rings. The highest BCUT2D eigenvalue weighted by atomic mass is 35.5. The van der Waals surface area contributed by atoms with Gasteiger partial charge in [0.1, 0.15) is 0 Å². The monoisotopic (exact) mass is 400 g/mol.